The van der Waals surface area contributed by atoms with Crippen molar-refractivity contribution in [1.82, 2.24) is 10.2 Å². The number of carbonyl (C=O) groups is 2. The Morgan fingerprint density at radius 3 is 2.54 bits per heavy atom. The number of nitrogens with one attached hydrogen (secondary N) is 1. The maximum absolute atomic E-state index is 11.2. The largest absolute Gasteiger partial charge is 0.365 e. The molecule has 1 saturated heterocycles. The molecule has 0 saturated carbocycles. The van der Waals surface area contributed by atoms with E-state index in [1.54, 1.807) is 0 Å². The van der Waals surface area contributed by atoms with Crippen molar-refractivity contribution in [2.24, 2.45) is 0 Å². The molecule has 2 aliphatic rings. The molecule has 2 rings (SSSR count). The molecule has 70 valence electrons. The summed E-state index contributed by atoms with van der Waals surface area (Å²) in [6, 6.07) is 0. The van der Waals surface area contributed by atoms with Crippen LogP contribution in [0.5, 0.6) is 0 Å². The molecule has 0 bridgehead atoms. The second-order valence-electron chi connectivity index (χ2n) is 2.95. The molecule has 1 fully saturated rings. The molecule has 0 aliphatic carbocycles. The third-order valence-electron chi connectivity index (χ3n) is 2.09. The van der Waals surface area contributed by atoms with Crippen LogP contribution in [0.4, 0.5) is 0 Å². The number of hydrogen-bond donors (Lipinski definition) is 1. The Balaban J connectivity index is 2.10. The van der Waals surface area contributed by atoms with Crippen molar-refractivity contribution >= 4 is 23.6 Å². The van der Waals surface area contributed by atoms with Gasteiger partial charge in [-0.3, -0.25) is 14.9 Å². The highest BCUT2D eigenvalue weighted by molar-refractivity contribution is 7.99. The molecule has 1 N–H and O–H groups in total. The van der Waals surface area contributed by atoms with E-state index in [9.17, 15) is 9.59 Å². The zero-order valence-corrected chi connectivity index (χ0v) is 7.89. The van der Waals surface area contributed by atoms with Gasteiger partial charge in [-0.2, -0.15) is 11.8 Å². The van der Waals surface area contributed by atoms with E-state index in [2.05, 4.69) is 5.32 Å². The van der Waals surface area contributed by atoms with Crippen molar-refractivity contribution < 1.29 is 9.59 Å². The molecule has 0 atom stereocenters. The van der Waals surface area contributed by atoms with Gasteiger partial charge in [-0.1, -0.05) is 0 Å². The molecular formula is C8H10N2O2S. The van der Waals surface area contributed by atoms with E-state index >= 15 is 0 Å². The fourth-order valence-corrected chi connectivity index (χ4v) is 2.34. The van der Waals surface area contributed by atoms with Crippen LogP contribution in [-0.4, -0.2) is 41.3 Å². The summed E-state index contributed by atoms with van der Waals surface area (Å²) in [6.45, 7) is 1.72. The summed E-state index contributed by atoms with van der Waals surface area (Å²) < 4.78 is 0. The lowest BCUT2D eigenvalue weighted by Crippen LogP contribution is -2.36. The zero-order valence-electron chi connectivity index (χ0n) is 7.08. The Morgan fingerprint density at radius 2 is 2.00 bits per heavy atom. The third-order valence-corrected chi connectivity index (χ3v) is 3.03. The minimum absolute atomic E-state index is 0.253. The van der Waals surface area contributed by atoms with Crippen LogP contribution in [0.1, 0.15) is 0 Å². The topological polar surface area (TPSA) is 49.4 Å². The standard InChI is InChI=1S/C8H10N2O2S/c11-7-5-6(8(12)9-7)10-1-3-13-4-2-10/h5H,1-4H2,(H,9,11,12). The Morgan fingerprint density at radius 1 is 1.31 bits per heavy atom. The average Bonchev–Trinajstić information content (AvgIpc) is 2.47. The van der Waals surface area contributed by atoms with Crippen LogP contribution in [0.25, 0.3) is 0 Å². The van der Waals surface area contributed by atoms with Gasteiger partial charge in [0.2, 0.25) is 0 Å². The first-order valence-electron chi connectivity index (χ1n) is 4.17. The number of nitrogens with zero attached hydrogens (tertiary/aromatic N) is 1. The maximum atomic E-state index is 11.2. The highest BCUT2D eigenvalue weighted by Crippen LogP contribution is 2.16. The van der Waals surface area contributed by atoms with Crippen molar-refractivity contribution in [2.75, 3.05) is 24.6 Å². The predicted molar refractivity (Wildman–Crippen MR) is 50.1 cm³/mol. The van der Waals surface area contributed by atoms with Crippen molar-refractivity contribution in [2.45, 2.75) is 0 Å². The van der Waals surface area contributed by atoms with Crippen LogP contribution < -0.4 is 5.32 Å². The molecule has 2 aliphatic heterocycles. The first-order chi connectivity index (χ1) is 6.27. The molecular weight excluding hydrogens is 188 g/mol. The summed E-state index contributed by atoms with van der Waals surface area (Å²) in [4.78, 5) is 24.1. The van der Waals surface area contributed by atoms with Crippen LogP contribution in [0.15, 0.2) is 11.8 Å². The van der Waals surface area contributed by atoms with Gasteiger partial charge in [-0.25, -0.2) is 0 Å². The summed E-state index contributed by atoms with van der Waals surface area (Å²) in [5, 5.41) is 2.25. The number of amides is 2. The Hall–Kier alpha value is -0.970. The molecule has 4 nitrogen and oxygen atoms in total. The second kappa shape index (κ2) is 3.41. The first kappa shape index (κ1) is 8.62. The average molecular weight is 198 g/mol. The molecule has 13 heavy (non-hydrogen) atoms. The fourth-order valence-electron chi connectivity index (χ4n) is 1.44. The van der Waals surface area contributed by atoms with E-state index in [1.807, 2.05) is 16.7 Å². The number of hydrogen-bond acceptors (Lipinski definition) is 4. The van der Waals surface area contributed by atoms with Gasteiger partial charge < -0.3 is 4.90 Å². The lowest BCUT2D eigenvalue weighted by atomic mass is 10.3. The van der Waals surface area contributed by atoms with Gasteiger partial charge in [-0.05, 0) is 0 Å². The minimum atomic E-state index is -0.293. The molecule has 0 unspecified atom stereocenters. The van der Waals surface area contributed by atoms with Crippen LogP contribution in [-0.2, 0) is 9.59 Å². The summed E-state index contributed by atoms with van der Waals surface area (Å²) >= 11 is 1.87. The molecule has 0 radical (unpaired) electrons. The lowest BCUT2D eigenvalue weighted by molar-refractivity contribution is -0.124. The molecule has 2 amide bonds. The first-order valence-corrected chi connectivity index (χ1v) is 5.32. The Kier molecular flexibility index (Phi) is 2.26. The van der Waals surface area contributed by atoms with Crippen molar-refractivity contribution in [3.8, 4) is 0 Å². The highest BCUT2D eigenvalue weighted by Gasteiger charge is 2.26. The van der Waals surface area contributed by atoms with Crippen LogP contribution in [0.3, 0.4) is 0 Å². The van der Waals surface area contributed by atoms with Gasteiger partial charge in [-0.15, -0.1) is 0 Å². The van der Waals surface area contributed by atoms with Gasteiger partial charge in [0.15, 0.2) is 0 Å². The number of thioether (sulfide) groups is 1. The van der Waals surface area contributed by atoms with E-state index < -0.39 is 0 Å². The van der Waals surface area contributed by atoms with Gasteiger partial charge in [0.1, 0.15) is 5.70 Å². The molecule has 5 heteroatoms. The minimum Gasteiger partial charge on any atom is -0.365 e. The van der Waals surface area contributed by atoms with E-state index in [4.69, 9.17) is 0 Å². The van der Waals surface area contributed by atoms with E-state index in [-0.39, 0.29) is 11.8 Å². The molecule has 0 aromatic heterocycles. The van der Waals surface area contributed by atoms with Crippen molar-refractivity contribution in [3.63, 3.8) is 0 Å². The number of imide groups is 1. The third kappa shape index (κ3) is 1.70. The van der Waals surface area contributed by atoms with Crippen LogP contribution in [0, 0.1) is 0 Å². The number of carbonyl (C=O) groups excluding carboxylic acids is 2. The SMILES string of the molecule is O=C1C=C(N2CCSCC2)C(=O)N1. The smallest absolute Gasteiger partial charge is 0.274 e. The maximum Gasteiger partial charge on any atom is 0.274 e. The molecule has 2 heterocycles. The summed E-state index contributed by atoms with van der Waals surface area (Å²) in [6.07, 6.45) is 1.39. The number of rotatable bonds is 1. The normalized spacial score (nSPS) is 23.1. The fraction of sp³-hybridized carbons (Fsp3) is 0.500. The molecule has 0 aromatic rings. The second-order valence-corrected chi connectivity index (χ2v) is 4.17. The van der Waals surface area contributed by atoms with E-state index in [1.165, 1.54) is 6.08 Å². The quantitative estimate of drug-likeness (QED) is 0.581. The van der Waals surface area contributed by atoms with Crippen molar-refractivity contribution in [1.29, 1.82) is 0 Å². The van der Waals surface area contributed by atoms with Crippen molar-refractivity contribution in [3.05, 3.63) is 11.8 Å². The lowest BCUT2D eigenvalue weighted by Gasteiger charge is -2.27. The Bertz CT molecular complexity index is 282. The summed E-state index contributed by atoms with van der Waals surface area (Å²) in [7, 11) is 0. The highest BCUT2D eigenvalue weighted by atomic mass is 32.2. The summed E-state index contributed by atoms with van der Waals surface area (Å²) in [5.41, 5.74) is 0.533. The van der Waals surface area contributed by atoms with Gasteiger partial charge in [0.25, 0.3) is 11.8 Å². The van der Waals surface area contributed by atoms with Crippen LogP contribution >= 0.6 is 11.8 Å². The van der Waals surface area contributed by atoms with Crippen LogP contribution in [0.2, 0.25) is 0 Å². The van der Waals surface area contributed by atoms with E-state index in [0.29, 0.717) is 5.70 Å². The molecule has 0 aromatic carbocycles. The van der Waals surface area contributed by atoms with Gasteiger partial charge >= 0.3 is 0 Å². The molecule has 0 spiro atoms. The zero-order chi connectivity index (χ0) is 9.26. The monoisotopic (exact) mass is 198 g/mol. The van der Waals surface area contributed by atoms with E-state index in [0.717, 1.165) is 24.6 Å². The van der Waals surface area contributed by atoms with Gasteiger partial charge in [0, 0.05) is 30.7 Å². The summed E-state index contributed by atoms with van der Waals surface area (Å²) in [5.74, 6) is 1.51. The Labute approximate surface area is 80.3 Å². The predicted octanol–water partition coefficient (Wildman–Crippen LogP) is -0.425. The van der Waals surface area contributed by atoms with Gasteiger partial charge in [0.05, 0.1) is 0 Å².